The van der Waals surface area contributed by atoms with Crippen molar-refractivity contribution in [3.05, 3.63) is 49.1 Å². The molecule has 2 aliphatic heterocycles. The average Bonchev–Trinajstić information content (AvgIpc) is 2.79. The van der Waals surface area contributed by atoms with E-state index in [1.807, 2.05) is 0 Å². The Labute approximate surface area is 182 Å². The second kappa shape index (κ2) is 7.75. The van der Waals surface area contributed by atoms with E-state index in [2.05, 4.69) is 53.2 Å². The monoisotopic (exact) mass is 427 g/mol. The molecule has 3 N–H and O–H groups in total. The molecular weight excluding hydrogens is 396 g/mol. The van der Waals surface area contributed by atoms with Gasteiger partial charge in [-0.2, -0.15) is 0 Å². The van der Waals surface area contributed by atoms with Crippen molar-refractivity contribution in [2.75, 3.05) is 23.3 Å². The van der Waals surface area contributed by atoms with Gasteiger partial charge in [-0.3, -0.25) is 0 Å². The van der Waals surface area contributed by atoms with Gasteiger partial charge in [0.05, 0.1) is 0 Å². The minimum atomic E-state index is -2.82. The summed E-state index contributed by atoms with van der Waals surface area (Å²) >= 11 is 0. The summed E-state index contributed by atoms with van der Waals surface area (Å²) in [5.74, 6) is -2.82. The van der Waals surface area contributed by atoms with Gasteiger partial charge in [0.15, 0.2) is 0 Å². The standard InChI is InChI=1S/C25H31F2N3O/c1-2-23-25(26,27)24(31-23)11-13-30(14-12-24)22-10-4-17-15-21(7-3-18(17)16-22)29-20-8-5-19(28)6-9-20/h2-4,7,10,15-16,19-20,23,29H,1,5-6,8-9,11-14,28H2. The van der Waals surface area contributed by atoms with E-state index in [1.165, 1.54) is 11.5 Å². The number of hydrogen-bond acceptors (Lipinski definition) is 4. The number of nitrogens with zero attached hydrogens (tertiary/aromatic N) is 1. The van der Waals surface area contributed by atoms with Gasteiger partial charge < -0.3 is 20.7 Å². The van der Waals surface area contributed by atoms with Crippen LogP contribution in [-0.2, 0) is 4.74 Å². The van der Waals surface area contributed by atoms with Crippen molar-refractivity contribution in [2.45, 2.75) is 68.2 Å². The molecule has 0 bridgehead atoms. The van der Waals surface area contributed by atoms with Crippen LogP contribution in [0.2, 0.25) is 0 Å². The summed E-state index contributed by atoms with van der Waals surface area (Å²) in [6.07, 6.45) is 5.12. The predicted molar refractivity (Wildman–Crippen MR) is 122 cm³/mol. The molecule has 31 heavy (non-hydrogen) atoms. The summed E-state index contributed by atoms with van der Waals surface area (Å²) in [6.45, 7) is 4.59. The summed E-state index contributed by atoms with van der Waals surface area (Å²) in [6, 6.07) is 13.7. The lowest BCUT2D eigenvalue weighted by Gasteiger charge is -2.56. The minimum absolute atomic E-state index is 0.330. The Hall–Kier alpha value is -2.18. The van der Waals surface area contributed by atoms with Crippen LogP contribution in [0.3, 0.4) is 0 Å². The largest absolute Gasteiger partial charge is 0.382 e. The first-order chi connectivity index (χ1) is 14.9. The topological polar surface area (TPSA) is 50.5 Å². The summed E-state index contributed by atoms with van der Waals surface area (Å²) < 4.78 is 34.5. The molecule has 1 atom stereocenters. The van der Waals surface area contributed by atoms with Crippen LogP contribution in [0.15, 0.2) is 49.1 Å². The van der Waals surface area contributed by atoms with Crippen molar-refractivity contribution in [3.63, 3.8) is 0 Å². The van der Waals surface area contributed by atoms with Crippen molar-refractivity contribution in [3.8, 4) is 0 Å². The number of alkyl halides is 2. The van der Waals surface area contributed by atoms with Gasteiger partial charge in [-0.25, -0.2) is 8.78 Å². The van der Waals surface area contributed by atoms with Crippen LogP contribution < -0.4 is 16.0 Å². The fourth-order valence-electron chi connectivity index (χ4n) is 5.39. The van der Waals surface area contributed by atoms with Crippen molar-refractivity contribution in [1.82, 2.24) is 0 Å². The Bertz CT molecular complexity index is 962. The van der Waals surface area contributed by atoms with Crippen molar-refractivity contribution >= 4 is 22.1 Å². The quantitative estimate of drug-likeness (QED) is 0.668. The zero-order chi connectivity index (χ0) is 21.6. The summed E-state index contributed by atoms with van der Waals surface area (Å²) in [7, 11) is 0. The lowest BCUT2D eigenvalue weighted by atomic mass is 9.76. The van der Waals surface area contributed by atoms with E-state index < -0.39 is 17.6 Å². The number of rotatable bonds is 4. The van der Waals surface area contributed by atoms with E-state index in [0.717, 1.165) is 42.4 Å². The fraction of sp³-hybridized carbons (Fsp3) is 0.520. The lowest BCUT2D eigenvalue weighted by Crippen LogP contribution is -2.71. The number of ether oxygens (including phenoxy) is 1. The summed E-state index contributed by atoms with van der Waals surface area (Å²) in [4.78, 5) is 2.18. The van der Waals surface area contributed by atoms with E-state index >= 15 is 0 Å². The minimum Gasteiger partial charge on any atom is -0.382 e. The molecule has 4 nitrogen and oxygen atoms in total. The Morgan fingerprint density at radius 3 is 2.39 bits per heavy atom. The number of piperidine rings is 1. The molecule has 2 aromatic carbocycles. The van der Waals surface area contributed by atoms with E-state index in [0.29, 0.717) is 38.0 Å². The maximum atomic E-state index is 14.5. The highest BCUT2D eigenvalue weighted by molar-refractivity contribution is 5.88. The smallest absolute Gasteiger partial charge is 0.305 e. The van der Waals surface area contributed by atoms with E-state index in [9.17, 15) is 8.78 Å². The molecule has 1 spiro atoms. The highest BCUT2D eigenvalue weighted by atomic mass is 19.3. The Morgan fingerprint density at radius 2 is 1.71 bits per heavy atom. The molecular formula is C25H31F2N3O. The normalized spacial score (nSPS) is 29.5. The maximum absolute atomic E-state index is 14.5. The molecule has 0 amide bonds. The SMILES string of the molecule is C=CC1OC2(CCN(c3ccc4cc(NC5CCC(N)CC5)ccc4c3)CC2)C1(F)F. The number of benzene rings is 2. The van der Waals surface area contributed by atoms with Gasteiger partial charge in [0.25, 0.3) is 0 Å². The zero-order valence-electron chi connectivity index (χ0n) is 17.8. The third kappa shape index (κ3) is 3.60. The molecule has 2 heterocycles. The van der Waals surface area contributed by atoms with Gasteiger partial charge >= 0.3 is 5.92 Å². The zero-order valence-corrected chi connectivity index (χ0v) is 17.8. The van der Waals surface area contributed by atoms with Gasteiger partial charge in [0.1, 0.15) is 11.7 Å². The number of fused-ring (bicyclic) bond motifs is 1. The van der Waals surface area contributed by atoms with Gasteiger partial charge in [-0.1, -0.05) is 18.2 Å². The summed E-state index contributed by atoms with van der Waals surface area (Å²) in [5.41, 5.74) is 6.91. The molecule has 3 fully saturated rings. The molecule has 166 valence electrons. The molecule has 6 heteroatoms. The van der Waals surface area contributed by atoms with E-state index in [-0.39, 0.29) is 0 Å². The lowest BCUT2D eigenvalue weighted by molar-refractivity contribution is -0.365. The Kier molecular flexibility index (Phi) is 5.18. The molecule has 0 aromatic heterocycles. The fourth-order valence-corrected chi connectivity index (χ4v) is 5.39. The van der Waals surface area contributed by atoms with Gasteiger partial charge in [0.2, 0.25) is 0 Å². The molecule has 1 unspecified atom stereocenters. The van der Waals surface area contributed by atoms with Crippen LogP contribution in [0, 0.1) is 0 Å². The molecule has 0 radical (unpaired) electrons. The van der Waals surface area contributed by atoms with Crippen LogP contribution in [0.4, 0.5) is 20.2 Å². The molecule has 2 saturated heterocycles. The number of hydrogen-bond donors (Lipinski definition) is 2. The second-order valence-electron chi connectivity index (χ2n) is 9.38. The number of nitrogens with one attached hydrogen (secondary N) is 1. The van der Waals surface area contributed by atoms with E-state index in [4.69, 9.17) is 10.5 Å². The molecule has 5 rings (SSSR count). The van der Waals surface area contributed by atoms with Crippen LogP contribution >= 0.6 is 0 Å². The van der Waals surface area contributed by atoms with Gasteiger partial charge in [0, 0.05) is 49.4 Å². The number of anilines is 2. The molecule has 2 aromatic rings. The van der Waals surface area contributed by atoms with Crippen molar-refractivity contribution in [2.24, 2.45) is 5.73 Å². The number of nitrogens with two attached hydrogens (primary N) is 1. The highest BCUT2D eigenvalue weighted by Crippen LogP contribution is 2.53. The van der Waals surface area contributed by atoms with Crippen LogP contribution in [0.25, 0.3) is 10.8 Å². The average molecular weight is 428 g/mol. The predicted octanol–water partition coefficient (Wildman–Crippen LogP) is 5.08. The van der Waals surface area contributed by atoms with Crippen molar-refractivity contribution < 1.29 is 13.5 Å². The Morgan fingerprint density at radius 1 is 1.03 bits per heavy atom. The first-order valence-electron chi connectivity index (χ1n) is 11.4. The van der Waals surface area contributed by atoms with Crippen molar-refractivity contribution in [1.29, 1.82) is 0 Å². The third-order valence-electron chi connectivity index (χ3n) is 7.43. The third-order valence-corrected chi connectivity index (χ3v) is 7.43. The first-order valence-corrected chi connectivity index (χ1v) is 11.4. The second-order valence-corrected chi connectivity index (χ2v) is 9.38. The van der Waals surface area contributed by atoms with Crippen LogP contribution in [0.1, 0.15) is 38.5 Å². The Balaban J connectivity index is 1.25. The van der Waals surface area contributed by atoms with Crippen LogP contribution in [-0.4, -0.2) is 42.8 Å². The van der Waals surface area contributed by atoms with Crippen LogP contribution in [0.5, 0.6) is 0 Å². The van der Waals surface area contributed by atoms with Gasteiger partial charge in [-0.15, -0.1) is 6.58 Å². The van der Waals surface area contributed by atoms with Gasteiger partial charge in [-0.05, 0) is 60.7 Å². The number of halogens is 2. The van der Waals surface area contributed by atoms with E-state index in [1.54, 1.807) is 0 Å². The first kappa shape index (κ1) is 20.7. The molecule has 3 aliphatic rings. The summed E-state index contributed by atoms with van der Waals surface area (Å²) in [5, 5.41) is 5.99. The maximum Gasteiger partial charge on any atom is 0.305 e. The molecule has 1 aliphatic carbocycles. The molecule has 1 saturated carbocycles. The highest BCUT2D eigenvalue weighted by Gasteiger charge is 2.69.